The van der Waals surface area contributed by atoms with Crippen LogP contribution in [0.2, 0.25) is 0 Å². The fraction of sp³-hybridized carbons (Fsp3) is 0.167. The second-order valence-corrected chi connectivity index (χ2v) is 6.22. The molecule has 2 heterocycles. The van der Waals surface area contributed by atoms with Gasteiger partial charge in [-0.15, -0.1) is 11.3 Å². The number of carbonyl (C=O) groups is 1. The topological polar surface area (TPSA) is 76.1 Å². The van der Waals surface area contributed by atoms with Gasteiger partial charge in [-0.25, -0.2) is 9.97 Å². The highest BCUT2D eigenvalue weighted by Gasteiger charge is 2.11. The van der Waals surface area contributed by atoms with Gasteiger partial charge in [0.1, 0.15) is 17.3 Å². The van der Waals surface area contributed by atoms with Crippen molar-refractivity contribution in [2.24, 2.45) is 0 Å². The average Bonchev–Trinajstić information content (AvgIpc) is 3.08. The number of nitrogens with zero attached hydrogens (tertiary/aromatic N) is 2. The van der Waals surface area contributed by atoms with E-state index < -0.39 is 0 Å². The van der Waals surface area contributed by atoms with E-state index >= 15 is 0 Å². The molecule has 1 aromatic carbocycles. The first-order valence-electron chi connectivity index (χ1n) is 7.71. The number of anilines is 2. The smallest absolute Gasteiger partial charge is 0.271 e. The van der Waals surface area contributed by atoms with Crippen LogP contribution in [-0.2, 0) is 6.54 Å². The minimum atomic E-state index is -0.211. The van der Waals surface area contributed by atoms with E-state index in [2.05, 4.69) is 20.6 Å². The van der Waals surface area contributed by atoms with E-state index in [1.807, 2.05) is 49.4 Å². The molecule has 3 rings (SSSR count). The highest BCUT2D eigenvalue weighted by Crippen LogP contribution is 2.20. The van der Waals surface area contributed by atoms with Crippen LogP contribution in [0.25, 0.3) is 0 Å². The van der Waals surface area contributed by atoms with Gasteiger partial charge in [0.05, 0.1) is 7.11 Å². The first-order chi connectivity index (χ1) is 12.1. The lowest BCUT2D eigenvalue weighted by atomic mass is 10.2. The average molecular weight is 354 g/mol. The van der Waals surface area contributed by atoms with Crippen molar-refractivity contribution in [3.8, 4) is 5.75 Å². The number of aryl methyl sites for hydroxylation is 1. The second kappa shape index (κ2) is 7.76. The number of hydrogen-bond donors (Lipinski definition) is 2. The molecule has 128 valence electrons. The molecule has 0 aliphatic heterocycles. The molecule has 0 fully saturated rings. The third-order valence-corrected chi connectivity index (χ3v) is 4.23. The number of ether oxygens (including phenoxy) is 1. The van der Waals surface area contributed by atoms with Crippen molar-refractivity contribution in [2.75, 3.05) is 12.4 Å². The van der Waals surface area contributed by atoms with Crippen LogP contribution in [0.4, 0.5) is 10.9 Å². The van der Waals surface area contributed by atoms with Crippen molar-refractivity contribution in [3.63, 3.8) is 0 Å². The Labute approximate surface area is 149 Å². The highest BCUT2D eigenvalue weighted by molar-refractivity contribution is 7.14. The standard InChI is InChI=1S/C18H18N4O2S/c1-12-4-3-5-16(20-12)22-18-21-15(11-25-18)17(23)19-10-13-6-8-14(24-2)9-7-13/h3-9,11H,10H2,1-2H3,(H,19,23)(H,20,21,22). The molecule has 0 saturated carbocycles. The molecule has 3 aromatic rings. The van der Waals surface area contributed by atoms with Crippen LogP contribution in [-0.4, -0.2) is 23.0 Å². The van der Waals surface area contributed by atoms with Crippen LogP contribution in [0.5, 0.6) is 5.75 Å². The lowest BCUT2D eigenvalue weighted by Crippen LogP contribution is -2.23. The summed E-state index contributed by atoms with van der Waals surface area (Å²) in [6.07, 6.45) is 0. The van der Waals surface area contributed by atoms with E-state index in [0.717, 1.165) is 17.0 Å². The molecule has 2 aromatic heterocycles. The van der Waals surface area contributed by atoms with Gasteiger partial charge in [-0.2, -0.15) is 0 Å². The number of amides is 1. The van der Waals surface area contributed by atoms with Crippen molar-refractivity contribution in [2.45, 2.75) is 13.5 Å². The molecule has 25 heavy (non-hydrogen) atoms. The molecular weight excluding hydrogens is 336 g/mol. The zero-order valence-electron chi connectivity index (χ0n) is 13.9. The maximum Gasteiger partial charge on any atom is 0.271 e. The number of thiazole rings is 1. The number of nitrogens with one attached hydrogen (secondary N) is 2. The molecular formula is C18H18N4O2S. The Morgan fingerprint density at radius 2 is 1.96 bits per heavy atom. The number of aromatic nitrogens is 2. The molecule has 0 aliphatic carbocycles. The van der Waals surface area contributed by atoms with Crippen LogP contribution in [0.15, 0.2) is 47.8 Å². The van der Waals surface area contributed by atoms with Gasteiger partial charge in [0.2, 0.25) is 0 Å². The minimum absolute atomic E-state index is 0.211. The number of rotatable bonds is 6. The van der Waals surface area contributed by atoms with Crippen LogP contribution in [0, 0.1) is 6.92 Å². The summed E-state index contributed by atoms with van der Waals surface area (Å²) in [5.74, 6) is 1.28. The van der Waals surface area contributed by atoms with E-state index in [0.29, 0.717) is 23.2 Å². The third kappa shape index (κ3) is 4.54. The summed E-state index contributed by atoms with van der Waals surface area (Å²) in [5.41, 5.74) is 2.29. The summed E-state index contributed by atoms with van der Waals surface area (Å²) in [6.45, 7) is 2.35. The highest BCUT2D eigenvalue weighted by atomic mass is 32.1. The lowest BCUT2D eigenvalue weighted by Gasteiger charge is -2.05. The molecule has 7 heteroatoms. The summed E-state index contributed by atoms with van der Waals surface area (Å²) in [4.78, 5) is 20.9. The predicted octanol–water partition coefficient (Wildman–Crippen LogP) is 3.53. The van der Waals surface area contributed by atoms with Gasteiger partial charge in [0.15, 0.2) is 5.13 Å². The summed E-state index contributed by atoms with van der Waals surface area (Å²) in [5, 5.41) is 8.32. The molecule has 2 N–H and O–H groups in total. The second-order valence-electron chi connectivity index (χ2n) is 5.36. The fourth-order valence-corrected chi connectivity index (χ4v) is 2.87. The Morgan fingerprint density at radius 1 is 1.16 bits per heavy atom. The summed E-state index contributed by atoms with van der Waals surface area (Å²) >= 11 is 1.37. The van der Waals surface area contributed by atoms with Gasteiger partial charge in [0, 0.05) is 17.6 Å². The molecule has 1 amide bonds. The molecule has 0 unspecified atom stereocenters. The monoisotopic (exact) mass is 354 g/mol. The van der Waals surface area contributed by atoms with Crippen LogP contribution in [0.3, 0.4) is 0 Å². The van der Waals surface area contributed by atoms with Gasteiger partial charge in [-0.05, 0) is 36.8 Å². The van der Waals surface area contributed by atoms with Crippen LogP contribution < -0.4 is 15.4 Å². The Bertz CT molecular complexity index is 862. The molecule has 6 nitrogen and oxygen atoms in total. The van der Waals surface area contributed by atoms with Crippen molar-refractivity contribution >= 4 is 28.2 Å². The molecule has 0 aliphatic rings. The van der Waals surface area contributed by atoms with Crippen molar-refractivity contribution in [3.05, 3.63) is 64.8 Å². The van der Waals surface area contributed by atoms with Crippen LogP contribution in [0.1, 0.15) is 21.7 Å². The number of methoxy groups -OCH3 is 1. The molecule has 0 radical (unpaired) electrons. The zero-order chi connectivity index (χ0) is 17.6. The van der Waals surface area contributed by atoms with E-state index in [9.17, 15) is 4.79 Å². The van der Waals surface area contributed by atoms with Crippen molar-refractivity contribution in [1.82, 2.24) is 15.3 Å². The van der Waals surface area contributed by atoms with Crippen molar-refractivity contribution in [1.29, 1.82) is 0 Å². The van der Waals surface area contributed by atoms with E-state index in [1.165, 1.54) is 11.3 Å². The third-order valence-electron chi connectivity index (χ3n) is 3.47. The Morgan fingerprint density at radius 3 is 2.68 bits per heavy atom. The van der Waals surface area contributed by atoms with E-state index in [4.69, 9.17) is 4.74 Å². The Balaban J connectivity index is 1.58. The van der Waals surface area contributed by atoms with Gasteiger partial charge in [-0.3, -0.25) is 4.79 Å². The first kappa shape index (κ1) is 16.9. The summed E-state index contributed by atoms with van der Waals surface area (Å²) in [6, 6.07) is 13.2. The number of carbonyl (C=O) groups excluding carboxylic acids is 1. The van der Waals surface area contributed by atoms with Gasteiger partial charge in [0.25, 0.3) is 5.91 Å². The number of hydrogen-bond acceptors (Lipinski definition) is 6. The molecule has 0 spiro atoms. The lowest BCUT2D eigenvalue weighted by molar-refractivity contribution is 0.0946. The molecule has 0 saturated heterocycles. The van der Waals surface area contributed by atoms with Gasteiger partial charge >= 0.3 is 0 Å². The fourth-order valence-electron chi connectivity index (χ4n) is 2.17. The minimum Gasteiger partial charge on any atom is -0.497 e. The first-order valence-corrected chi connectivity index (χ1v) is 8.59. The number of pyridine rings is 1. The van der Waals surface area contributed by atoms with Gasteiger partial charge in [-0.1, -0.05) is 18.2 Å². The van der Waals surface area contributed by atoms with Crippen molar-refractivity contribution < 1.29 is 9.53 Å². The quantitative estimate of drug-likeness (QED) is 0.708. The Hall–Kier alpha value is -2.93. The van der Waals surface area contributed by atoms with Gasteiger partial charge < -0.3 is 15.4 Å². The zero-order valence-corrected chi connectivity index (χ0v) is 14.8. The molecule has 0 bridgehead atoms. The largest absolute Gasteiger partial charge is 0.497 e. The normalized spacial score (nSPS) is 10.3. The SMILES string of the molecule is COc1ccc(CNC(=O)c2csc(Nc3cccc(C)n3)n2)cc1. The van der Waals surface area contributed by atoms with E-state index in [-0.39, 0.29) is 5.91 Å². The summed E-state index contributed by atoms with van der Waals surface area (Å²) in [7, 11) is 1.62. The van der Waals surface area contributed by atoms with E-state index in [1.54, 1.807) is 12.5 Å². The Kier molecular flexibility index (Phi) is 5.25. The molecule has 0 atom stereocenters. The predicted molar refractivity (Wildman–Crippen MR) is 98.5 cm³/mol. The summed E-state index contributed by atoms with van der Waals surface area (Å²) < 4.78 is 5.11. The number of benzene rings is 1. The maximum absolute atomic E-state index is 12.2. The van der Waals surface area contributed by atoms with Crippen LogP contribution >= 0.6 is 11.3 Å². The maximum atomic E-state index is 12.2.